The minimum absolute atomic E-state index is 0.0446. The van der Waals surface area contributed by atoms with Gasteiger partial charge in [0.15, 0.2) is 17.3 Å². The number of hydrogen-bond donors (Lipinski definition) is 1. The third-order valence-corrected chi connectivity index (χ3v) is 6.34. The second kappa shape index (κ2) is 10.0. The largest absolute Gasteiger partial charge is 0.493 e. The van der Waals surface area contributed by atoms with E-state index in [1.807, 2.05) is 30.3 Å². The first-order valence-corrected chi connectivity index (χ1v) is 11.3. The maximum atomic E-state index is 12.8. The molecule has 1 atom stereocenters. The number of ketones is 1. The van der Waals surface area contributed by atoms with Crippen LogP contribution in [0.5, 0.6) is 11.5 Å². The van der Waals surface area contributed by atoms with Gasteiger partial charge in [-0.15, -0.1) is 0 Å². The normalized spacial score (nSPS) is 18.1. The van der Waals surface area contributed by atoms with Crippen molar-refractivity contribution in [2.75, 3.05) is 56.7 Å². The van der Waals surface area contributed by atoms with E-state index in [-0.39, 0.29) is 30.2 Å². The zero-order valence-corrected chi connectivity index (χ0v) is 19.7. The SMILES string of the molecule is COc1ccc(N2C[C@@H](NC(=O)N3CCN(c4ccc(C(C)=O)cc4)CC3)CC2=O)cc1OC. The number of rotatable bonds is 6. The van der Waals surface area contributed by atoms with Crippen molar-refractivity contribution in [3.8, 4) is 11.5 Å². The summed E-state index contributed by atoms with van der Waals surface area (Å²) in [6.07, 6.45) is 0.253. The van der Waals surface area contributed by atoms with Crippen molar-refractivity contribution < 1.29 is 23.9 Å². The lowest BCUT2D eigenvalue weighted by atomic mass is 10.1. The molecule has 34 heavy (non-hydrogen) atoms. The highest BCUT2D eigenvalue weighted by Crippen LogP contribution is 2.33. The Morgan fingerprint density at radius 3 is 2.18 bits per heavy atom. The van der Waals surface area contributed by atoms with Gasteiger partial charge in [0.2, 0.25) is 5.91 Å². The number of amides is 3. The Hall–Kier alpha value is -3.75. The average molecular weight is 467 g/mol. The highest BCUT2D eigenvalue weighted by molar-refractivity contribution is 5.97. The lowest BCUT2D eigenvalue weighted by Crippen LogP contribution is -2.53. The molecule has 2 aliphatic heterocycles. The number of methoxy groups -OCH3 is 2. The van der Waals surface area contributed by atoms with Gasteiger partial charge in [-0.25, -0.2) is 4.79 Å². The fourth-order valence-corrected chi connectivity index (χ4v) is 4.39. The summed E-state index contributed by atoms with van der Waals surface area (Å²) in [7, 11) is 3.12. The molecule has 2 aliphatic rings. The number of ether oxygens (including phenoxy) is 2. The Labute approximate surface area is 199 Å². The summed E-state index contributed by atoms with van der Waals surface area (Å²) >= 11 is 0. The Bertz CT molecular complexity index is 1060. The van der Waals surface area contributed by atoms with Crippen LogP contribution < -0.4 is 24.6 Å². The minimum Gasteiger partial charge on any atom is -0.493 e. The van der Waals surface area contributed by atoms with Gasteiger partial charge in [0.1, 0.15) is 0 Å². The van der Waals surface area contributed by atoms with E-state index < -0.39 is 0 Å². The molecule has 0 saturated carbocycles. The lowest BCUT2D eigenvalue weighted by molar-refractivity contribution is -0.117. The Kier molecular flexibility index (Phi) is 6.90. The molecule has 0 aliphatic carbocycles. The van der Waals surface area contributed by atoms with E-state index in [0.29, 0.717) is 55.5 Å². The van der Waals surface area contributed by atoms with E-state index in [1.165, 1.54) is 0 Å². The predicted molar refractivity (Wildman–Crippen MR) is 129 cm³/mol. The molecule has 0 spiro atoms. The Morgan fingerprint density at radius 1 is 0.912 bits per heavy atom. The summed E-state index contributed by atoms with van der Waals surface area (Å²) in [6, 6.07) is 12.5. The smallest absolute Gasteiger partial charge is 0.317 e. The van der Waals surface area contributed by atoms with Crippen LogP contribution in [0.1, 0.15) is 23.7 Å². The van der Waals surface area contributed by atoms with Crippen molar-refractivity contribution >= 4 is 29.1 Å². The molecule has 2 aromatic rings. The average Bonchev–Trinajstić information content (AvgIpc) is 3.23. The quantitative estimate of drug-likeness (QED) is 0.658. The summed E-state index contributed by atoms with van der Waals surface area (Å²) in [4.78, 5) is 42.6. The monoisotopic (exact) mass is 466 g/mol. The summed E-state index contributed by atoms with van der Waals surface area (Å²) in [6.45, 7) is 4.53. The zero-order valence-electron chi connectivity index (χ0n) is 19.7. The molecule has 2 aromatic carbocycles. The van der Waals surface area contributed by atoms with Gasteiger partial charge in [-0.3, -0.25) is 9.59 Å². The van der Waals surface area contributed by atoms with Crippen LogP contribution in [0.25, 0.3) is 0 Å². The molecule has 0 bridgehead atoms. The van der Waals surface area contributed by atoms with Crippen molar-refractivity contribution in [3.05, 3.63) is 48.0 Å². The first-order valence-electron chi connectivity index (χ1n) is 11.3. The van der Waals surface area contributed by atoms with Gasteiger partial charge in [0.25, 0.3) is 0 Å². The number of carbonyl (C=O) groups excluding carboxylic acids is 3. The molecular formula is C25H30N4O5. The van der Waals surface area contributed by atoms with E-state index in [2.05, 4.69) is 10.2 Å². The standard InChI is InChI=1S/C25H30N4O5/c1-17(30)18-4-6-20(7-5-18)27-10-12-28(13-11-27)25(32)26-19-14-24(31)29(16-19)21-8-9-22(33-2)23(15-21)34-3/h4-9,15,19H,10-14,16H2,1-3H3,(H,26,32)/t19-/m0/s1. The number of anilines is 2. The summed E-state index contributed by atoms with van der Waals surface area (Å²) in [5.41, 5.74) is 2.44. The molecule has 9 nitrogen and oxygen atoms in total. The van der Waals surface area contributed by atoms with Crippen molar-refractivity contribution in [3.63, 3.8) is 0 Å². The Balaban J connectivity index is 1.31. The highest BCUT2D eigenvalue weighted by Gasteiger charge is 2.33. The molecule has 180 valence electrons. The molecule has 1 N–H and O–H groups in total. The first kappa shape index (κ1) is 23.4. The van der Waals surface area contributed by atoms with E-state index in [9.17, 15) is 14.4 Å². The third-order valence-electron chi connectivity index (χ3n) is 6.34. The van der Waals surface area contributed by atoms with Crippen LogP contribution in [0, 0.1) is 0 Å². The summed E-state index contributed by atoms with van der Waals surface area (Å²) in [5, 5.41) is 3.02. The van der Waals surface area contributed by atoms with E-state index >= 15 is 0 Å². The first-order chi connectivity index (χ1) is 16.4. The van der Waals surface area contributed by atoms with E-state index in [4.69, 9.17) is 9.47 Å². The van der Waals surface area contributed by atoms with Crippen LogP contribution in [0.2, 0.25) is 0 Å². The van der Waals surface area contributed by atoms with Crippen LogP contribution >= 0.6 is 0 Å². The van der Waals surface area contributed by atoms with Crippen LogP contribution in [0.3, 0.4) is 0 Å². The minimum atomic E-state index is -0.259. The van der Waals surface area contributed by atoms with Crippen LogP contribution in [0.15, 0.2) is 42.5 Å². The molecular weight excluding hydrogens is 436 g/mol. The number of nitrogens with one attached hydrogen (secondary N) is 1. The van der Waals surface area contributed by atoms with Gasteiger partial charge < -0.3 is 29.5 Å². The zero-order chi connectivity index (χ0) is 24.2. The maximum absolute atomic E-state index is 12.8. The van der Waals surface area contributed by atoms with Crippen molar-refractivity contribution in [2.45, 2.75) is 19.4 Å². The van der Waals surface area contributed by atoms with Crippen LogP contribution in [-0.2, 0) is 4.79 Å². The number of carbonyl (C=O) groups is 3. The molecule has 0 aromatic heterocycles. The van der Waals surface area contributed by atoms with Gasteiger partial charge in [0, 0.05) is 62.1 Å². The summed E-state index contributed by atoms with van der Waals surface area (Å²) in [5.74, 6) is 1.14. The number of hydrogen-bond acceptors (Lipinski definition) is 6. The van der Waals surface area contributed by atoms with Crippen molar-refractivity contribution in [2.24, 2.45) is 0 Å². The number of nitrogens with zero attached hydrogens (tertiary/aromatic N) is 3. The number of urea groups is 1. The molecule has 0 unspecified atom stereocenters. The second-order valence-electron chi connectivity index (χ2n) is 8.47. The van der Waals surface area contributed by atoms with Gasteiger partial charge in [-0.05, 0) is 43.3 Å². The molecule has 4 rings (SSSR count). The topological polar surface area (TPSA) is 91.4 Å². The molecule has 9 heteroatoms. The van der Waals surface area contributed by atoms with E-state index in [1.54, 1.807) is 43.1 Å². The van der Waals surface area contributed by atoms with Crippen LogP contribution in [-0.4, -0.2) is 75.6 Å². The number of Topliss-reactive ketones (excluding diaryl/α,β-unsaturated/α-hetero) is 1. The predicted octanol–water partition coefficient (Wildman–Crippen LogP) is 2.54. The van der Waals surface area contributed by atoms with Crippen molar-refractivity contribution in [1.82, 2.24) is 10.2 Å². The highest BCUT2D eigenvalue weighted by atomic mass is 16.5. The van der Waals surface area contributed by atoms with Gasteiger partial charge in [0.05, 0.1) is 20.3 Å². The van der Waals surface area contributed by atoms with Gasteiger partial charge in [-0.1, -0.05) is 0 Å². The fourth-order valence-electron chi connectivity index (χ4n) is 4.39. The summed E-state index contributed by atoms with van der Waals surface area (Å²) < 4.78 is 10.6. The fraction of sp³-hybridized carbons (Fsp3) is 0.400. The Morgan fingerprint density at radius 2 is 1.56 bits per heavy atom. The molecule has 2 heterocycles. The maximum Gasteiger partial charge on any atom is 0.317 e. The number of piperazine rings is 1. The van der Waals surface area contributed by atoms with Crippen LogP contribution in [0.4, 0.5) is 16.2 Å². The van der Waals surface area contributed by atoms with Crippen molar-refractivity contribution in [1.29, 1.82) is 0 Å². The van der Waals surface area contributed by atoms with E-state index in [0.717, 1.165) is 5.69 Å². The molecule has 2 saturated heterocycles. The molecule has 2 fully saturated rings. The van der Waals surface area contributed by atoms with Gasteiger partial charge in [-0.2, -0.15) is 0 Å². The van der Waals surface area contributed by atoms with Gasteiger partial charge >= 0.3 is 6.03 Å². The lowest BCUT2D eigenvalue weighted by Gasteiger charge is -2.36. The molecule has 0 radical (unpaired) electrons. The second-order valence-corrected chi connectivity index (χ2v) is 8.47. The molecule has 3 amide bonds. The third kappa shape index (κ3) is 4.93. The number of benzene rings is 2.